The molecule has 1 aromatic rings. The van der Waals surface area contributed by atoms with Crippen LogP contribution in [0.2, 0.25) is 0 Å². The molecule has 16 heavy (non-hydrogen) atoms. The van der Waals surface area contributed by atoms with Gasteiger partial charge in [0.05, 0.1) is 0 Å². The van der Waals surface area contributed by atoms with Crippen LogP contribution in [0.4, 0.5) is 11.4 Å². The summed E-state index contributed by atoms with van der Waals surface area (Å²) in [5.41, 5.74) is 8.45. The van der Waals surface area contributed by atoms with Gasteiger partial charge >= 0.3 is 0 Å². The molecule has 1 aliphatic rings. The molecule has 4 nitrogen and oxygen atoms in total. The number of fused-ring (bicyclic) bond motifs is 1. The molecule has 1 heterocycles. The van der Waals surface area contributed by atoms with Crippen LogP contribution < -0.4 is 16.0 Å². The highest BCUT2D eigenvalue weighted by Gasteiger charge is 2.26. The number of benzene rings is 1. The predicted molar refractivity (Wildman–Crippen MR) is 70.8 cm³/mol. The number of anilines is 2. The van der Waals surface area contributed by atoms with Gasteiger partial charge in [-0.25, -0.2) is 0 Å². The van der Waals surface area contributed by atoms with Crippen LogP contribution in [0.3, 0.4) is 0 Å². The summed E-state index contributed by atoms with van der Waals surface area (Å²) in [6, 6.07) is 5.27. The van der Waals surface area contributed by atoms with Crippen molar-refractivity contribution in [2.24, 2.45) is 5.73 Å². The summed E-state index contributed by atoms with van der Waals surface area (Å²) in [5, 5.41) is 2.75. The number of amides is 1. The normalized spacial score (nSPS) is 16.7. The third kappa shape index (κ3) is 2.40. The van der Waals surface area contributed by atoms with E-state index in [2.05, 4.69) is 5.32 Å². The summed E-state index contributed by atoms with van der Waals surface area (Å²) >= 11 is 0. The number of rotatable bonds is 1. The minimum absolute atomic E-state index is 0. The van der Waals surface area contributed by atoms with Gasteiger partial charge in [0.1, 0.15) is 6.04 Å². The molecule has 0 fully saturated rings. The van der Waals surface area contributed by atoms with E-state index in [0.717, 1.165) is 16.9 Å². The van der Waals surface area contributed by atoms with Crippen molar-refractivity contribution in [3.63, 3.8) is 0 Å². The van der Waals surface area contributed by atoms with Gasteiger partial charge in [-0.3, -0.25) is 4.79 Å². The molecule has 1 amide bonds. The minimum Gasteiger partial charge on any atom is -0.378 e. The van der Waals surface area contributed by atoms with Gasteiger partial charge < -0.3 is 16.0 Å². The van der Waals surface area contributed by atoms with E-state index < -0.39 is 6.04 Å². The molecular formula is C10H15Cl2N3O. The molecule has 0 radical (unpaired) electrons. The van der Waals surface area contributed by atoms with Crippen molar-refractivity contribution < 1.29 is 4.79 Å². The summed E-state index contributed by atoms with van der Waals surface area (Å²) in [6.45, 7) is 0. The Kier molecular flexibility index (Phi) is 5.06. The van der Waals surface area contributed by atoms with Gasteiger partial charge in [-0.1, -0.05) is 6.07 Å². The molecule has 0 saturated carbocycles. The first kappa shape index (κ1) is 15.0. The zero-order chi connectivity index (χ0) is 10.3. The zero-order valence-electron chi connectivity index (χ0n) is 9.06. The van der Waals surface area contributed by atoms with Crippen LogP contribution >= 0.6 is 24.8 Å². The van der Waals surface area contributed by atoms with E-state index >= 15 is 0 Å². The average Bonchev–Trinajstić information content (AvgIpc) is 2.42. The van der Waals surface area contributed by atoms with Crippen molar-refractivity contribution in [3.05, 3.63) is 23.8 Å². The Balaban J connectivity index is 0.00000112. The Morgan fingerprint density at radius 1 is 1.31 bits per heavy atom. The number of hydrogen-bond acceptors (Lipinski definition) is 3. The molecule has 0 spiro atoms. The first-order valence-electron chi connectivity index (χ1n) is 4.47. The molecule has 1 aromatic carbocycles. The van der Waals surface area contributed by atoms with E-state index in [-0.39, 0.29) is 30.7 Å². The third-order valence-corrected chi connectivity index (χ3v) is 2.43. The van der Waals surface area contributed by atoms with Crippen molar-refractivity contribution in [1.82, 2.24) is 0 Å². The van der Waals surface area contributed by atoms with E-state index in [1.807, 2.05) is 37.2 Å². The molecule has 1 unspecified atom stereocenters. The van der Waals surface area contributed by atoms with Crippen LogP contribution in [0.15, 0.2) is 18.2 Å². The number of nitrogens with zero attached hydrogens (tertiary/aromatic N) is 1. The Hall–Kier alpha value is -0.970. The summed E-state index contributed by atoms with van der Waals surface area (Å²) in [4.78, 5) is 13.2. The van der Waals surface area contributed by atoms with Crippen LogP contribution in [-0.4, -0.2) is 20.0 Å². The summed E-state index contributed by atoms with van der Waals surface area (Å²) in [5.74, 6) is -0.129. The second-order valence-corrected chi connectivity index (χ2v) is 3.63. The Bertz CT molecular complexity index is 396. The lowest BCUT2D eigenvalue weighted by atomic mass is 10.1. The quantitative estimate of drug-likeness (QED) is 0.809. The number of carbonyl (C=O) groups excluding carboxylic acids is 1. The van der Waals surface area contributed by atoms with Crippen molar-refractivity contribution in [2.45, 2.75) is 6.04 Å². The molecule has 1 aliphatic heterocycles. The number of nitrogens with two attached hydrogens (primary N) is 1. The predicted octanol–water partition coefficient (Wildman–Crippen LogP) is 1.55. The Labute approximate surface area is 107 Å². The second-order valence-electron chi connectivity index (χ2n) is 3.63. The second kappa shape index (κ2) is 5.39. The van der Waals surface area contributed by atoms with Crippen LogP contribution in [0.1, 0.15) is 11.6 Å². The maximum absolute atomic E-state index is 11.3. The highest BCUT2D eigenvalue weighted by atomic mass is 35.5. The highest BCUT2D eigenvalue weighted by Crippen LogP contribution is 2.31. The summed E-state index contributed by atoms with van der Waals surface area (Å²) in [7, 11) is 3.91. The highest BCUT2D eigenvalue weighted by molar-refractivity contribution is 6.02. The molecule has 0 saturated heterocycles. The van der Waals surface area contributed by atoms with Crippen molar-refractivity contribution in [1.29, 1.82) is 0 Å². The number of carbonyl (C=O) groups is 1. The molecule has 6 heteroatoms. The van der Waals surface area contributed by atoms with Gasteiger partial charge in [0.25, 0.3) is 0 Å². The molecule has 3 N–H and O–H groups in total. The first-order chi connectivity index (χ1) is 6.59. The lowest BCUT2D eigenvalue weighted by Gasteiger charge is -2.13. The van der Waals surface area contributed by atoms with Crippen LogP contribution in [0.25, 0.3) is 0 Å². The first-order valence-corrected chi connectivity index (χ1v) is 4.47. The van der Waals surface area contributed by atoms with Gasteiger partial charge in [-0.05, 0) is 12.1 Å². The summed E-state index contributed by atoms with van der Waals surface area (Å²) in [6.07, 6.45) is 0. The SMILES string of the molecule is CN(C)c1ccc2c(c1)NC(=O)C2N.Cl.Cl. The van der Waals surface area contributed by atoms with E-state index in [9.17, 15) is 4.79 Å². The van der Waals surface area contributed by atoms with E-state index in [0.29, 0.717) is 0 Å². The van der Waals surface area contributed by atoms with Crippen molar-refractivity contribution in [2.75, 3.05) is 24.3 Å². The maximum atomic E-state index is 11.3. The topological polar surface area (TPSA) is 58.4 Å². The van der Waals surface area contributed by atoms with Gasteiger partial charge in [-0.2, -0.15) is 0 Å². The maximum Gasteiger partial charge on any atom is 0.245 e. The molecule has 2 rings (SSSR count). The smallest absolute Gasteiger partial charge is 0.245 e. The van der Waals surface area contributed by atoms with Crippen LogP contribution in [-0.2, 0) is 4.79 Å². The molecule has 0 bridgehead atoms. The monoisotopic (exact) mass is 263 g/mol. The average molecular weight is 264 g/mol. The van der Waals surface area contributed by atoms with Gasteiger partial charge in [0, 0.05) is 31.0 Å². The van der Waals surface area contributed by atoms with Gasteiger partial charge in [-0.15, -0.1) is 24.8 Å². The van der Waals surface area contributed by atoms with Crippen LogP contribution in [0.5, 0.6) is 0 Å². The Morgan fingerprint density at radius 3 is 2.50 bits per heavy atom. The summed E-state index contributed by atoms with van der Waals surface area (Å²) < 4.78 is 0. The fraction of sp³-hybridized carbons (Fsp3) is 0.300. The van der Waals surface area contributed by atoms with E-state index in [4.69, 9.17) is 5.73 Å². The van der Waals surface area contributed by atoms with Crippen molar-refractivity contribution in [3.8, 4) is 0 Å². The van der Waals surface area contributed by atoms with Crippen molar-refractivity contribution >= 4 is 42.1 Å². The fourth-order valence-electron chi connectivity index (χ4n) is 1.55. The molecule has 1 atom stereocenters. The fourth-order valence-corrected chi connectivity index (χ4v) is 1.55. The standard InChI is InChI=1S/C10H13N3O.2ClH/c1-13(2)6-3-4-7-8(5-6)12-10(14)9(7)11;;/h3-5,9H,11H2,1-2H3,(H,12,14);2*1H. The van der Waals surface area contributed by atoms with Crippen LogP contribution in [0, 0.1) is 0 Å². The largest absolute Gasteiger partial charge is 0.378 e. The number of halogens is 2. The third-order valence-electron chi connectivity index (χ3n) is 2.43. The van der Waals surface area contributed by atoms with E-state index in [1.54, 1.807) is 0 Å². The molecule has 90 valence electrons. The number of hydrogen-bond donors (Lipinski definition) is 2. The number of nitrogens with one attached hydrogen (secondary N) is 1. The van der Waals surface area contributed by atoms with Gasteiger partial charge in [0.15, 0.2) is 0 Å². The minimum atomic E-state index is -0.513. The molecule has 0 aromatic heterocycles. The molecule has 0 aliphatic carbocycles. The zero-order valence-corrected chi connectivity index (χ0v) is 10.7. The van der Waals surface area contributed by atoms with Gasteiger partial charge in [0.2, 0.25) is 5.91 Å². The molecular weight excluding hydrogens is 249 g/mol. The lowest BCUT2D eigenvalue weighted by Crippen LogP contribution is -2.19. The van der Waals surface area contributed by atoms with E-state index in [1.165, 1.54) is 0 Å². The Morgan fingerprint density at radius 2 is 1.94 bits per heavy atom. The lowest BCUT2D eigenvalue weighted by molar-refractivity contribution is -0.116.